The molecular formula is C13H20O3S. The van der Waals surface area contributed by atoms with Crippen LogP contribution in [0.25, 0.3) is 0 Å². The highest BCUT2D eigenvalue weighted by molar-refractivity contribution is 7.90. The molecule has 0 saturated heterocycles. The molecule has 0 heterocycles. The fourth-order valence-corrected chi connectivity index (χ4v) is 2.63. The first-order chi connectivity index (χ1) is 7.57. The third-order valence-electron chi connectivity index (χ3n) is 2.71. The van der Waals surface area contributed by atoms with E-state index in [0.717, 1.165) is 11.1 Å². The molecule has 0 bridgehead atoms. The van der Waals surface area contributed by atoms with Gasteiger partial charge in [0.05, 0.1) is 7.11 Å². The van der Waals surface area contributed by atoms with Gasteiger partial charge in [-0.1, -0.05) is 26.8 Å². The van der Waals surface area contributed by atoms with Crippen molar-refractivity contribution in [3.63, 3.8) is 0 Å². The summed E-state index contributed by atoms with van der Waals surface area (Å²) in [5, 5.41) is 0. The van der Waals surface area contributed by atoms with E-state index in [4.69, 9.17) is 4.74 Å². The van der Waals surface area contributed by atoms with Crippen molar-refractivity contribution in [1.82, 2.24) is 0 Å². The summed E-state index contributed by atoms with van der Waals surface area (Å²) in [7, 11) is -1.78. The first-order valence-electron chi connectivity index (χ1n) is 5.46. The van der Waals surface area contributed by atoms with E-state index in [1.165, 1.54) is 13.4 Å². The van der Waals surface area contributed by atoms with Crippen molar-refractivity contribution in [3.05, 3.63) is 23.3 Å². The van der Waals surface area contributed by atoms with Gasteiger partial charge in [-0.15, -0.1) is 0 Å². The van der Waals surface area contributed by atoms with Crippen LogP contribution >= 0.6 is 0 Å². The van der Waals surface area contributed by atoms with Crippen molar-refractivity contribution < 1.29 is 13.2 Å². The molecule has 0 radical (unpaired) electrons. The maximum Gasteiger partial charge on any atom is 0.179 e. The average Bonchev–Trinajstić information content (AvgIpc) is 2.13. The summed E-state index contributed by atoms with van der Waals surface area (Å²) in [5.74, 6) is 0.445. The van der Waals surface area contributed by atoms with Gasteiger partial charge in [-0.3, -0.25) is 0 Å². The van der Waals surface area contributed by atoms with Gasteiger partial charge in [-0.25, -0.2) is 8.42 Å². The molecule has 17 heavy (non-hydrogen) atoms. The van der Waals surface area contributed by atoms with Crippen LogP contribution in [0.2, 0.25) is 0 Å². The molecule has 0 spiro atoms. The van der Waals surface area contributed by atoms with Crippen LogP contribution in [0.4, 0.5) is 0 Å². The minimum absolute atomic E-state index is 0.0868. The van der Waals surface area contributed by atoms with Crippen molar-refractivity contribution in [3.8, 4) is 5.75 Å². The lowest BCUT2D eigenvalue weighted by atomic mass is 9.86. The second-order valence-corrected chi connectivity index (χ2v) is 7.33. The standard InChI is InChI=1S/C13H20O3S/c1-9-7-10(13(2,3)4)8-11(12(9)16-5)17(6,14)15/h7-8H,1-6H3. The molecule has 0 atom stereocenters. The maximum atomic E-state index is 11.8. The van der Waals surface area contributed by atoms with Crippen LogP contribution in [-0.2, 0) is 15.3 Å². The number of rotatable bonds is 2. The Morgan fingerprint density at radius 2 is 1.71 bits per heavy atom. The van der Waals surface area contributed by atoms with E-state index in [1.807, 2.05) is 13.0 Å². The van der Waals surface area contributed by atoms with Crippen molar-refractivity contribution in [2.75, 3.05) is 13.4 Å². The van der Waals surface area contributed by atoms with Gasteiger partial charge in [0.2, 0.25) is 0 Å². The fraction of sp³-hybridized carbons (Fsp3) is 0.538. The monoisotopic (exact) mass is 256 g/mol. The zero-order valence-electron chi connectivity index (χ0n) is 11.3. The maximum absolute atomic E-state index is 11.8. The average molecular weight is 256 g/mol. The SMILES string of the molecule is COc1c(C)cc(C(C)(C)C)cc1S(C)(=O)=O. The number of hydrogen-bond acceptors (Lipinski definition) is 3. The molecule has 0 unspecified atom stereocenters. The Labute approximate surface area is 104 Å². The summed E-state index contributed by atoms with van der Waals surface area (Å²) in [6.45, 7) is 8.03. The first-order valence-corrected chi connectivity index (χ1v) is 7.35. The lowest BCUT2D eigenvalue weighted by molar-refractivity contribution is 0.398. The summed E-state index contributed by atoms with van der Waals surface area (Å²) in [6.07, 6.45) is 1.21. The third-order valence-corrected chi connectivity index (χ3v) is 3.81. The largest absolute Gasteiger partial charge is 0.495 e. The van der Waals surface area contributed by atoms with E-state index in [9.17, 15) is 8.42 Å². The molecule has 1 aromatic rings. The van der Waals surface area contributed by atoms with E-state index in [0.29, 0.717) is 5.75 Å². The Bertz CT molecular complexity index is 522. The number of sulfone groups is 1. The second kappa shape index (κ2) is 4.33. The quantitative estimate of drug-likeness (QED) is 0.817. The molecule has 1 aromatic carbocycles. The van der Waals surface area contributed by atoms with Crippen LogP contribution in [0.1, 0.15) is 31.9 Å². The predicted molar refractivity (Wildman–Crippen MR) is 69.5 cm³/mol. The van der Waals surface area contributed by atoms with Crippen molar-refractivity contribution in [2.24, 2.45) is 0 Å². The third kappa shape index (κ3) is 3.00. The van der Waals surface area contributed by atoms with E-state index in [2.05, 4.69) is 20.8 Å². The molecule has 1 rings (SSSR count). The summed E-state index contributed by atoms with van der Waals surface area (Å²) < 4.78 is 28.7. The predicted octanol–water partition coefficient (Wildman–Crippen LogP) is 2.70. The molecular weight excluding hydrogens is 236 g/mol. The van der Waals surface area contributed by atoms with Crippen molar-refractivity contribution in [2.45, 2.75) is 38.0 Å². The van der Waals surface area contributed by atoms with Gasteiger partial charge >= 0.3 is 0 Å². The smallest absolute Gasteiger partial charge is 0.179 e. The van der Waals surface area contributed by atoms with Crippen molar-refractivity contribution >= 4 is 9.84 Å². The fourth-order valence-electron chi connectivity index (χ4n) is 1.71. The highest BCUT2D eigenvalue weighted by Gasteiger charge is 2.22. The topological polar surface area (TPSA) is 43.4 Å². The molecule has 0 amide bonds. The van der Waals surface area contributed by atoms with Crippen LogP contribution in [0.5, 0.6) is 5.75 Å². The highest BCUT2D eigenvalue weighted by atomic mass is 32.2. The molecule has 96 valence electrons. The molecule has 0 aromatic heterocycles. The van der Waals surface area contributed by atoms with Crippen LogP contribution in [0, 0.1) is 6.92 Å². The van der Waals surface area contributed by atoms with Gasteiger partial charge in [0.25, 0.3) is 0 Å². The van der Waals surface area contributed by atoms with Gasteiger partial charge < -0.3 is 4.74 Å². The van der Waals surface area contributed by atoms with Crippen LogP contribution < -0.4 is 4.74 Å². The van der Waals surface area contributed by atoms with Gasteiger partial charge in [-0.2, -0.15) is 0 Å². The molecule has 3 nitrogen and oxygen atoms in total. The molecule has 0 aliphatic rings. The van der Waals surface area contributed by atoms with Crippen LogP contribution in [-0.4, -0.2) is 21.8 Å². The molecule has 0 N–H and O–H groups in total. The van der Waals surface area contributed by atoms with Crippen LogP contribution in [0.15, 0.2) is 17.0 Å². The summed E-state index contributed by atoms with van der Waals surface area (Å²) >= 11 is 0. The Hall–Kier alpha value is -1.03. The lowest BCUT2D eigenvalue weighted by Gasteiger charge is -2.22. The lowest BCUT2D eigenvalue weighted by Crippen LogP contribution is -2.13. The Balaban J connectivity index is 3.63. The minimum Gasteiger partial charge on any atom is -0.495 e. The van der Waals surface area contributed by atoms with Gasteiger partial charge in [0, 0.05) is 6.26 Å². The van der Waals surface area contributed by atoms with Gasteiger partial charge in [0.15, 0.2) is 9.84 Å². The summed E-state index contributed by atoms with van der Waals surface area (Å²) in [5.41, 5.74) is 1.76. The number of hydrogen-bond donors (Lipinski definition) is 0. The summed E-state index contributed by atoms with van der Waals surface area (Å²) in [6, 6.07) is 3.69. The van der Waals surface area contributed by atoms with E-state index in [-0.39, 0.29) is 10.3 Å². The first kappa shape index (κ1) is 14.0. The number of aryl methyl sites for hydroxylation is 1. The van der Waals surface area contributed by atoms with E-state index < -0.39 is 9.84 Å². The molecule has 0 aliphatic carbocycles. The van der Waals surface area contributed by atoms with Gasteiger partial charge in [-0.05, 0) is 29.5 Å². The molecule has 0 fully saturated rings. The zero-order chi connectivity index (χ0) is 13.4. The van der Waals surface area contributed by atoms with Gasteiger partial charge in [0.1, 0.15) is 10.6 Å². The van der Waals surface area contributed by atoms with Crippen LogP contribution in [0.3, 0.4) is 0 Å². The van der Waals surface area contributed by atoms with E-state index >= 15 is 0 Å². The van der Waals surface area contributed by atoms with E-state index in [1.54, 1.807) is 6.07 Å². The number of ether oxygens (including phenoxy) is 1. The Morgan fingerprint density at radius 1 is 1.18 bits per heavy atom. The normalized spacial score (nSPS) is 12.6. The number of methoxy groups -OCH3 is 1. The summed E-state index contributed by atoms with van der Waals surface area (Å²) in [4.78, 5) is 0.268. The number of benzene rings is 1. The zero-order valence-corrected chi connectivity index (χ0v) is 12.1. The van der Waals surface area contributed by atoms with Crippen molar-refractivity contribution in [1.29, 1.82) is 0 Å². The molecule has 0 aliphatic heterocycles. The Kier molecular flexibility index (Phi) is 3.58. The molecule has 0 saturated carbocycles. The molecule has 4 heteroatoms. The Morgan fingerprint density at radius 3 is 2.06 bits per heavy atom. The highest BCUT2D eigenvalue weighted by Crippen LogP contribution is 2.33. The second-order valence-electron chi connectivity index (χ2n) is 5.35. The minimum atomic E-state index is -3.28.